The summed E-state index contributed by atoms with van der Waals surface area (Å²) in [5.41, 5.74) is 0.304. The number of hydrogen-bond donors (Lipinski definition) is 4. The van der Waals surface area contributed by atoms with Gasteiger partial charge in [-0.3, -0.25) is 4.79 Å². The maximum absolute atomic E-state index is 12.8. The van der Waals surface area contributed by atoms with Crippen LogP contribution in [0.15, 0.2) is 30.4 Å². The first-order chi connectivity index (χ1) is 14.2. The molecule has 0 fully saturated rings. The molecule has 1 aliphatic heterocycles. The van der Waals surface area contributed by atoms with Gasteiger partial charge in [0.25, 0.3) is 0 Å². The molecule has 0 radical (unpaired) electrons. The minimum atomic E-state index is -1.57. The largest absolute Gasteiger partial charge is 0.507 e. The van der Waals surface area contributed by atoms with Crippen LogP contribution < -0.4 is 10.1 Å². The quantitative estimate of drug-likeness (QED) is 0.427. The van der Waals surface area contributed by atoms with Gasteiger partial charge in [0.2, 0.25) is 0 Å². The minimum Gasteiger partial charge on any atom is -0.507 e. The zero-order chi connectivity index (χ0) is 22.3. The van der Waals surface area contributed by atoms with Crippen LogP contribution in [-0.2, 0) is 9.53 Å². The number of benzene rings is 1. The van der Waals surface area contributed by atoms with Crippen LogP contribution in [0.4, 0.5) is 0 Å². The number of esters is 1. The normalized spacial score (nSPS) is 27.5. The Balaban J connectivity index is 2.44. The molecule has 8 heteroatoms. The third-order valence-corrected chi connectivity index (χ3v) is 4.87. The van der Waals surface area contributed by atoms with E-state index in [9.17, 15) is 24.9 Å². The smallest absolute Gasteiger partial charge is 0.342 e. The van der Waals surface area contributed by atoms with E-state index in [1.807, 2.05) is 0 Å². The Labute approximate surface area is 175 Å². The Morgan fingerprint density at radius 1 is 1.20 bits per heavy atom. The van der Waals surface area contributed by atoms with Crippen molar-refractivity contribution in [1.29, 1.82) is 0 Å². The second-order valence-electron chi connectivity index (χ2n) is 7.24. The highest BCUT2D eigenvalue weighted by atomic mass is 16.5. The van der Waals surface area contributed by atoms with Crippen molar-refractivity contribution < 1.29 is 34.4 Å². The lowest BCUT2D eigenvalue weighted by Crippen LogP contribution is -2.32. The summed E-state index contributed by atoms with van der Waals surface area (Å²) in [6.07, 6.45) is 2.19. The van der Waals surface area contributed by atoms with Gasteiger partial charge in [-0.05, 0) is 38.1 Å². The van der Waals surface area contributed by atoms with E-state index < -0.39 is 30.1 Å². The minimum absolute atomic E-state index is 0.0292. The molecule has 4 N–H and O–H groups in total. The molecule has 0 spiro atoms. The molecule has 1 aromatic carbocycles. The number of likely N-dealkylation sites (N-methyl/N-ethyl adjacent to an activating group) is 1. The molecular formula is C22H29NO7. The molecule has 0 bridgehead atoms. The van der Waals surface area contributed by atoms with Crippen molar-refractivity contribution in [3.05, 3.63) is 41.5 Å². The number of ketones is 1. The van der Waals surface area contributed by atoms with Gasteiger partial charge in [-0.2, -0.15) is 0 Å². The third kappa shape index (κ3) is 6.16. The summed E-state index contributed by atoms with van der Waals surface area (Å²) in [6, 6.07) is 2.92. The van der Waals surface area contributed by atoms with Crippen molar-refractivity contribution in [3.63, 3.8) is 0 Å². The van der Waals surface area contributed by atoms with Crippen LogP contribution in [0.3, 0.4) is 0 Å². The van der Waals surface area contributed by atoms with E-state index in [1.54, 1.807) is 27.0 Å². The number of aliphatic hydroxyl groups is 2. The third-order valence-electron chi connectivity index (χ3n) is 4.87. The topological polar surface area (TPSA) is 125 Å². The van der Waals surface area contributed by atoms with Gasteiger partial charge < -0.3 is 30.1 Å². The van der Waals surface area contributed by atoms with Crippen LogP contribution >= 0.6 is 0 Å². The summed E-state index contributed by atoms with van der Waals surface area (Å²) >= 11 is 0. The van der Waals surface area contributed by atoms with Gasteiger partial charge in [-0.25, -0.2) is 4.79 Å². The highest BCUT2D eigenvalue weighted by molar-refractivity contribution is 5.97. The zero-order valence-electron chi connectivity index (χ0n) is 17.4. The van der Waals surface area contributed by atoms with Crippen molar-refractivity contribution >= 4 is 17.8 Å². The number of rotatable bonds is 4. The lowest BCUT2D eigenvalue weighted by molar-refractivity contribution is -0.127. The summed E-state index contributed by atoms with van der Waals surface area (Å²) < 4.78 is 11.1. The highest BCUT2D eigenvalue weighted by Gasteiger charge is 2.25. The standard InChI is InChI=1S/C22H29NO7/c1-13-7-8-18(25)21(27)17(24)6-4-5-15-11-16(29-10-9-23-3)12-19(26)20(15)22(28)30-14(13)2/h4-5,7-8,11-14,17,21,23-24,26-27H,6,9-10H2,1-3H3/b5-4+,8-7-/t13-,14+,17+,21?/m1/s1. The number of nitrogens with one attached hydrogen (secondary N) is 1. The molecule has 1 aromatic rings. The molecule has 164 valence electrons. The number of cyclic esters (lactones) is 1. The molecule has 0 aliphatic carbocycles. The number of aliphatic hydroxyl groups excluding tert-OH is 2. The Kier molecular flexibility index (Phi) is 8.58. The number of phenolic OH excluding ortho intramolecular Hbond substituents is 1. The zero-order valence-corrected chi connectivity index (χ0v) is 17.4. The molecule has 1 heterocycles. The molecule has 0 aromatic heterocycles. The van der Waals surface area contributed by atoms with E-state index in [-0.39, 0.29) is 23.7 Å². The maximum atomic E-state index is 12.8. The first-order valence-electron chi connectivity index (χ1n) is 9.84. The Bertz CT molecular complexity index is 818. The summed E-state index contributed by atoms with van der Waals surface area (Å²) in [5.74, 6) is -1.61. The SMILES string of the molecule is CNCCOc1cc(O)c2c(c1)/C=C/C[C@H](O)C(O)C(=O)/C=C\[C@@H](C)[C@H](C)OC2=O. The fourth-order valence-corrected chi connectivity index (χ4v) is 2.82. The van der Waals surface area contributed by atoms with Crippen LogP contribution in [-0.4, -0.2) is 65.6 Å². The molecule has 4 atom stereocenters. The van der Waals surface area contributed by atoms with Gasteiger partial charge in [-0.1, -0.05) is 25.2 Å². The molecule has 0 amide bonds. The number of ether oxygens (including phenoxy) is 2. The monoisotopic (exact) mass is 419 g/mol. The van der Waals surface area contributed by atoms with Crippen LogP contribution in [0.2, 0.25) is 0 Å². The number of hydrogen-bond acceptors (Lipinski definition) is 8. The van der Waals surface area contributed by atoms with E-state index in [1.165, 1.54) is 30.4 Å². The molecule has 2 rings (SSSR count). The van der Waals surface area contributed by atoms with Crippen molar-refractivity contribution in [1.82, 2.24) is 5.32 Å². The number of phenols is 1. The summed E-state index contributed by atoms with van der Waals surface area (Å²) in [7, 11) is 1.78. The Hall–Kier alpha value is -2.68. The average Bonchev–Trinajstić information content (AvgIpc) is 2.70. The number of carbonyl (C=O) groups excluding carboxylic acids is 2. The highest BCUT2D eigenvalue weighted by Crippen LogP contribution is 2.31. The summed E-state index contributed by atoms with van der Waals surface area (Å²) in [4.78, 5) is 24.8. The van der Waals surface area contributed by atoms with E-state index in [0.29, 0.717) is 24.5 Å². The van der Waals surface area contributed by atoms with Crippen LogP contribution in [0.25, 0.3) is 6.08 Å². The molecule has 0 saturated carbocycles. The molecule has 30 heavy (non-hydrogen) atoms. The second kappa shape index (κ2) is 10.9. The first-order valence-corrected chi connectivity index (χ1v) is 9.84. The van der Waals surface area contributed by atoms with E-state index in [4.69, 9.17) is 9.47 Å². The number of carbonyl (C=O) groups is 2. The predicted octanol–water partition coefficient (Wildman–Crippen LogP) is 1.44. The van der Waals surface area contributed by atoms with Crippen molar-refractivity contribution in [2.75, 3.05) is 20.2 Å². The van der Waals surface area contributed by atoms with Gasteiger partial charge in [0, 0.05) is 18.5 Å². The van der Waals surface area contributed by atoms with Gasteiger partial charge in [0.05, 0.1) is 6.10 Å². The van der Waals surface area contributed by atoms with E-state index in [2.05, 4.69) is 5.32 Å². The number of fused-ring (bicyclic) bond motifs is 1. The van der Waals surface area contributed by atoms with Crippen molar-refractivity contribution in [2.45, 2.75) is 38.6 Å². The molecular weight excluding hydrogens is 390 g/mol. The average molecular weight is 419 g/mol. The van der Waals surface area contributed by atoms with Crippen molar-refractivity contribution in [2.24, 2.45) is 5.92 Å². The predicted molar refractivity (Wildman–Crippen MR) is 111 cm³/mol. The summed E-state index contributed by atoms with van der Waals surface area (Å²) in [6.45, 7) is 4.36. The van der Waals surface area contributed by atoms with Gasteiger partial charge in [0.1, 0.15) is 35.9 Å². The fourth-order valence-electron chi connectivity index (χ4n) is 2.82. The first kappa shape index (κ1) is 23.6. The van der Waals surface area contributed by atoms with Gasteiger partial charge >= 0.3 is 5.97 Å². The van der Waals surface area contributed by atoms with Crippen LogP contribution in [0, 0.1) is 5.92 Å². The maximum Gasteiger partial charge on any atom is 0.342 e. The Morgan fingerprint density at radius 2 is 1.93 bits per heavy atom. The lowest BCUT2D eigenvalue weighted by Gasteiger charge is -2.20. The van der Waals surface area contributed by atoms with E-state index >= 15 is 0 Å². The Morgan fingerprint density at radius 3 is 2.63 bits per heavy atom. The fraction of sp³-hybridized carbons (Fsp3) is 0.455. The summed E-state index contributed by atoms with van der Waals surface area (Å²) in [5, 5.41) is 33.5. The van der Waals surface area contributed by atoms with Gasteiger partial charge in [0.15, 0.2) is 5.78 Å². The molecule has 1 aliphatic rings. The van der Waals surface area contributed by atoms with Crippen LogP contribution in [0.1, 0.15) is 36.2 Å². The molecule has 8 nitrogen and oxygen atoms in total. The lowest BCUT2D eigenvalue weighted by atomic mass is 9.99. The van der Waals surface area contributed by atoms with Crippen LogP contribution in [0.5, 0.6) is 11.5 Å². The van der Waals surface area contributed by atoms with Crippen molar-refractivity contribution in [3.8, 4) is 11.5 Å². The molecule has 1 unspecified atom stereocenters. The second-order valence-corrected chi connectivity index (χ2v) is 7.24. The van der Waals surface area contributed by atoms with Gasteiger partial charge in [-0.15, -0.1) is 0 Å². The van der Waals surface area contributed by atoms with E-state index in [0.717, 1.165) is 0 Å². The number of aromatic hydroxyl groups is 1. The molecule has 0 saturated heterocycles.